The third kappa shape index (κ3) is 9.21. The minimum atomic E-state index is -4.98. The van der Waals surface area contributed by atoms with Gasteiger partial charge in [0.15, 0.2) is 0 Å². The number of fused-ring (bicyclic) bond motifs is 2. The highest BCUT2D eigenvalue weighted by Crippen LogP contribution is 2.45. The average Bonchev–Trinajstić information content (AvgIpc) is 3.21. The topological polar surface area (TPSA) is 204 Å². The van der Waals surface area contributed by atoms with Crippen LogP contribution in [0.2, 0.25) is 0 Å². The van der Waals surface area contributed by atoms with Crippen molar-refractivity contribution in [2.75, 3.05) is 16.0 Å². The lowest BCUT2D eigenvalue weighted by Crippen LogP contribution is -2.30. The molecular weight excluding hydrogens is 853 g/mol. The van der Waals surface area contributed by atoms with Crippen LogP contribution in [0.3, 0.4) is 0 Å². The van der Waals surface area contributed by atoms with Crippen LogP contribution < -0.4 is 21.3 Å². The fraction of sp³-hybridized carbons (Fsp3) is 0.327. The Morgan fingerprint density at radius 1 is 0.641 bits per heavy atom. The molecule has 0 saturated carbocycles. The summed E-state index contributed by atoms with van der Waals surface area (Å²) in [6.07, 6.45) is 1.24. The maximum atomic E-state index is 13.3. The van der Waals surface area contributed by atoms with Crippen LogP contribution in [0.5, 0.6) is 0 Å². The average molecular weight is 909 g/mol. The summed E-state index contributed by atoms with van der Waals surface area (Å²) in [4.78, 5) is 30.7. The summed E-state index contributed by atoms with van der Waals surface area (Å²) in [6, 6.07) is 17.2. The second-order valence-electron chi connectivity index (χ2n) is 17.8. The minimum absolute atomic E-state index is 0.0451. The molecule has 4 aromatic carbocycles. The van der Waals surface area contributed by atoms with Gasteiger partial charge >= 0.3 is 0 Å². The molecule has 0 saturated heterocycles. The molecule has 2 aliphatic rings. The van der Waals surface area contributed by atoms with Gasteiger partial charge in [0.25, 0.3) is 20.2 Å². The lowest BCUT2D eigenvalue weighted by molar-refractivity contribution is -0.124. The van der Waals surface area contributed by atoms with Gasteiger partial charge < -0.3 is 20.4 Å². The van der Waals surface area contributed by atoms with E-state index in [1.54, 1.807) is 31.2 Å². The van der Waals surface area contributed by atoms with Crippen LogP contribution in [-0.2, 0) is 29.8 Å². The van der Waals surface area contributed by atoms with Gasteiger partial charge in [-0.3, -0.25) is 18.7 Å². The van der Waals surface area contributed by atoms with Crippen molar-refractivity contribution in [2.45, 2.75) is 106 Å². The molecule has 0 aromatic heterocycles. The monoisotopic (exact) mass is 908 g/mol. The largest absolute Gasteiger partial charge is 0.456 e. The molecule has 0 radical (unpaired) electrons. The van der Waals surface area contributed by atoms with Gasteiger partial charge in [-0.25, -0.2) is 4.99 Å². The molecule has 1 heterocycles. The molecule has 6 rings (SSSR count). The number of carbonyl (C=O) groups is 2. The molecule has 0 fully saturated rings. The minimum Gasteiger partial charge on any atom is -0.456 e. The predicted octanol–water partition coefficient (Wildman–Crippen LogP) is 11.3. The fourth-order valence-corrected chi connectivity index (χ4v) is 9.09. The van der Waals surface area contributed by atoms with Crippen LogP contribution >= 0.6 is 0 Å². The predicted molar refractivity (Wildman–Crippen MR) is 253 cm³/mol. The number of hydrogen-bond donors (Lipinski definition) is 5. The number of nitrogens with zero attached hydrogens (tertiary/aromatic N) is 1. The maximum Gasteiger partial charge on any atom is 0.296 e. The van der Waals surface area contributed by atoms with Crippen LogP contribution in [0.4, 0.5) is 28.4 Å². The molecule has 338 valence electrons. The molecule has 5 N–H and O–H groups in total. The molecule has 2 amide bonds. The molecule has 4 aromatic rings. The second kappa shape index (κ2) is 17.3. The van der Waals surface area contributed by atoms with E-state index in [4.69, 9.17) is 9.41 Å². The summed E-state index contributed by atoms with van der Waals surface area (Å²) in [5.74, 6) is -0.0795. The number of benzene rings is 5. The highest BCUT2D eigenvalue weighted by molar-refractivity contribution is 7.86. The van der Waals surface area contributed by atoms with E-state index in [0.29, 0.717) is 57.6 Å². The first kappa shape index (κ1) is 47.6. The molecule has 0 spiro atoms. The normalized spacial score (nSPS) is 12.8. The molecule has 0 bridgehead atoms. The summed E-state index contributed by atoms with van der Waals surface area (Å²) in [5, 5.41) is 9.92. The second-order valence-corrected chi connectivity index (χ2v) is 20.6. The smallest absolute Gasteiger partial charge is 0.296 e. The van der Waals surface area contributed by atoms with E-state index in [1.807, 2.05) is 88.3 Å². The number of rotatable bonds is 12. The van der Waals surface area contributed by atoms with Crippen LogP contribution in [0.1, 0.15) is 87.8 Å². The van der Waals surface area contributed by atoms with Crippen molar-refractivity contribution in [3.63, 3.8) is 0 Å². The molecule has 15 heteroatoms. The van der Waals surface area contributed by atoms with E-state index >= 15 is 0 Å². The Bertz CT molecular complexity index is 3170. The molecule has 64 heavy (non-hydrogen) atoms. The Kier molecular flexibility index (Phi) is 12.8. The Morgan fingerprint density at radius 2 is 1.17 bits per heavy atom. The quantitative estimate of drug-likeness (QED) is 0.0580. The Morgan fingerprint density at radius 3 is 1.73 bits per heavy atom. The van der Waals surface area contributed by atoms with Crippen molar-refractivity contribution < 1.29 is 39.9 Å². The summed E-state index contributed by atoms with van der Waals surface area (Å²) < 4.78 is 80.1. The third-order valence-electron chi connectivity index (χ3n) is 12.4. The lowest BCUT2D eigenvalue weighted by atomic mass is 9.88. The van der Waals surface area contributed by atoms with Gasteiger partial charge in [-0.2, -0.15) is 16.8 Å². The van der Waals surface area contributed by atoms with E-state index in [1.165, 1.54) is 30.3 Å². The summed E-state index contributed by atoms with van der Waals surface area (Å²) >= 11 is 0. The van der Waals surface area contributed by atoms with Crippen LogP contribution in [0, 0.1) is 52.4 Å². The number of aryl methyl sites for hydroxylation is 4. The number of hydrogen-bond acceptors (Lipinski definition) is 9. The first-order chi connectivity index (χ1) is 29.7. The fourth-order valence-electron chi connectivity index (χ4n) is 7.73. The summed E-state index contributed by atoms with van der Waals surface area (Å²) in [7, 11) is -9.80. The van der Waals surface area contributed by atoms with E-state index in [0.717, 1.165) is 22.3 Å². The van der Waals surface area contributed by atoms with Gasteiger partial charge in [0.2, 0.25) is 11.8 Å². The highest BCUT2D eigenvalue weighted by atomic mass is 32.2. The van der Waals surface area contributed by atoms with Gasteiger partial charge in [0.05, 0.1) is 16.7 Å². The third-order valence-corrected chi connectivity index (χ3v) is 14.2. The summed E-state index contributed by atoms with van der Waals surface area (Å²) in [5.41, 5.74) is 6.23. The zero-order chi connectivity index (χ0) is 47.4. The Labute approximate surface area is 375 Å². The van der Waals surface area contributed by atoms with Crippen molar-refractivity contribution in [2.24, 2.45) is 15.8 Å². The van der Waals surface area contributed by atoms with Crippen molar-refractivity contribution in [1.29, 1.82) is 0 Å². The molecule has 0 atom stereocenters. The van der Waals surface area contributed by atoms with E-state index < -0.39 is 40.9 Å². The number of nitrogens with one attached hydrogen (secondary N) is 3. The van der Waals surface area contributed by atoms with Gasteiger partial charge in [-0.05, 0) is 112 Å². The van der Waals surface area contributed by atoms with E-state index in [-0.39, 0.29) is 45.4 Å². The zero-order valence-electron chi connectivity index (χ0n) is 38.3. The van der Waals surface area contributed by atoms with Crippen molar-refractivity contribution in [3.8, 4) is 22.5 Å². The maximum absolute atomic E-state index is 13.3. The zero-order valence-corrected chi connectivity index (χ0v) is 39.9. The molecule has 1 aliphatic carbocycles. The van der Waals surface area contributed by atoms with Crippen LogP contribution in [0.15, 0.2) is 85.9 Å². The Hall–Kier alpha value is -5.87. The highest BCUT2D eigenvalue weighted by Gasteiger charge is 2.30. The Balaban J connectivity index is 1.64. The van der Waals surface area contributed by atoms with Crippen LogP contribution in [0.25, 0.3) is 33.4 Å². The summed E-state index contributed by atoms with van der Waals surface area (Å²) in [6.45, 7) is 22.6. The van der Waals surface area contributed by atoms with Crippen molar-refractivity contribution in [3.05, 3.63) is 105 Å². The molecule has 13 nitrogen and oxygen atoms in total. The van der Waals surface area contributed by atoms with E-state index in [9.17, 15) is 35.5 Å². The van der Waals surface area contributed by atoms with E-state index in [2.05, 4.69) is 16.0 Å². The van der Waals surface area contributed by atoms with Crippen molar-refractivity contribution >= 4 is 71.5 Å². The molecule has 0 unspecified atom stereocenters. The van der Waals surface area contributed by atoms with Gasteiger partial charge in [0, 0.05) is 62.1 Å². The molecule has 1 aliphatic heterocycles. The van der Waals surface area contributed by atoms with Crippen molar-refractivity contribution in [1.82, 2.24) is 0 Å². The SMILES string of the molecule is CCC(C)(C)C(=O)Nc1c(C)cc(C)c(N=c2ccc3c(-c4ccccc4S(=O)(=O)O)c4cc(S(=O)(=O)O)c(Nc5c(C)cc(C)c(NC(=O)C(C)(C)CC)c5C)cc4oc-3c2)c1C. The van der Waals surface area contributed by atoms with Gasteiger partial charge in [0.1, 0.15) is 21.1 Å². The van der Waals surface area contributed by atoms with Gasteiger partial charge in [-0.1, -0.05) is 71.9 Å². The van der Waals surface area contributed by atoms with Gasteiger partial charge in [-0.15, -0.1) is 0 Å². The first-order valence-corrected chi connectivity index (χ1v) is 23.8. The lowest BCUT2D eigenvalue weighted by Gasteiger charge is -2.25. The number of carbonyl (C=O) groups excluding carboxylic acids is 2. The number of anilines is 4. The molecular formula is C49H56N4O9S2. The van der Waals surface area contributed by atoms with Crippen LogP contribution in [-0.4, -0.2) is 37.8 Å². The number of amides is 2. The standard InChI is InChI=1S/C49H56N4O9S2/c1-13-48(9,10)46(54)52-44-28(5)21-26(3)42(30(44)7)50-32-19-20-33-37(23-32)62-38-25-36(51-43-27(4)22-29(6)45(31(43)8)53-47(55)49(11,12)14-2)40(64(59,60)61)24-35(38)41(33)34-17-15-16-18-39(34)63(56,57)58/h15-25,51H,13-14H2,1-12H3,(H,52,54)(H,53,55)(H,56,57,58)(H,59,60,61). The first-order valence-electron chi connectivity index (χ1n) is 20.9.